The topological polar surface area (TPSA) is 70.8 Å². The maximum absolute atomic E-state index is 12.7. The van der Waals surface area contributed by atoms with Crippen LogP contribution in [0.5, 0.6) is 0 Å². The number of benzene rings is 2. The fraction of sp³-hybridized carbons (Fsp3) is 0.407. The lowest BCUT2D eigenvalue weighted by atomic mass is 10.1. The Kier molecular flexibility index (Phi) is 8.46. The van der Waals surface area contributed by atoms with E-state index in [1.165, 1.54) is 17.4 Å². The van der Waals surface area contributed by atoms with E-state index in [2.05, 4.69) is 51.3 Å². The van der Waals surface area contributed by atoms with Crippen LogP contribution in [-0.2, 0) is 17.8 Å². The van der Waals surface area contributed by atoms with Gasteiger partial charge in [0.25, 0.3) is 5.91 Å². The summed E-state index contributed by atoms with van der Waals surface area (Å²) in [6, 6.07) is 18.3. The predicted molar refractivity (Wildman–Crippen MR) is 131 cm³/mol. The third kappa shape index (κ3) is 7.00. The summed E-state index contributed by atoms with van der Waals surface area (Å²) in [6.07, 6.45) is 1.45. The van der Waals surface area contributed by atoms with Crippen molar-refractivity contribution in [2.45, 2.75) is 33.0 Å². The number of carbonyl (C=O) groups excluding carboxylic acids is 1. The minimum atomic E-state index is -0.232. The standard InChI is InChI=1S/C27H34N4O3/c1-21-7-6-8-23(17-21)18-31(12-11-30-13-15-33-16-14-30)19-26-29-25(20-34-26)27(32)28-22(2)24-9-4-3-5-10-24/h3-10,17,20,22H,11-16,18-19H2,1-2H3,(H,28,32). The number of aryl methyl sites for hydroxylation is 1. The van der Waals surface area contributed by atoms with Gasteiger partial charge < -0.3 is 14.5 Å². The average molecular weight is 463 g/mol. The van der Waals surface area contributed by atoms with Crippen LogP contribution in [0, 0.1) is 6.92 Å². The predicted octanol–water partition coefficient (Wildman–Crippen LogP) is 3.81. The molecule has 7 nitrogen and oxygen atoms in total. The van der Waals surface area contributed by atoms with E-state index in [9.17, 15) is 4.79 Å². The highest BCUT2D eigenvalue weighted by molar-refractivity contribution is 5.92. The highest BCUT2D eigenvalue weighted by Gasteiger charge is 2.19. The molecule has 0 bridgehead atoms. The summed E-state index contributed by atoms with van der Waals surface area (Å²) in [5.74, 6) is 0.317. The maximum Gasteiger partial charge on any atom is 0.273 e. The van der Waals surface area contributed by atoms with Crippen LogP contribution in [0.3, 0.4) is 0 Å². The van der Waals surface area contributed by atoms with E-state index in [1.54, 1.807) is 0 Å². The van der Waals surface area contributed by atoms with Crippen molar-refractivity contribution in [3.63, 3.8) is 0 Å². The van der Waals surface area contributed by atoms with Crippen LogP contribution in [0.15, 0.2) is 65.3 Å². The molecule has 1 saturated heterocycles. The second-order valence-electron chi connectivity index (χ2n) is 8.89. The van der Waals surface area contributed by atoms with Crippen LogP contribution in [0.2, 0.25) is 0 Å². The van der Waals surface area contributed by atoms with Gasteiger partial charge in [-0.2, -0.15) is 0 Å². The van der Waals surface area contributed by atoms with Crippen LogP contribution >= 0.6 is 0 Å². The number of rotatable bonds is 10. The molecule has 2 aromatic carbocycles. The van der Waals surface area contributed by atoms with Crippen LogP contribution in [0.25, 0.3) is 0 Å². The molecule has 2 heterocycles. The number of hydrogen-bond donors (Lipinski definition) is 1. The summed E-state index contributed by atoms with van der Waals surface area (Å²) < 4.78 is 11.2. The van der Waals surface area contributed by atoms with E-state index in [1.807, 2.05) is 37.3 Å². The number of oxazole rings is 1. The normalized spacial score (nSPS) is 15.4. The Labute approximate surface area is 201 Å². The highest BCUT2D eigenvalue weighted by Crippen LogP contribution is 2.15. The van der Waals surface area contributed by atoms with Gasteiger partial charge in [0.2, 0.25) is 5.89 Å². The first-order valence-electron chi connectivity index (χ1n) is 11.9. The van der Waals surface area contributed by atoms with Gasteiger partial charge in [0.15, 0.2) is 5.69 Å². The first-order chi connectivity index (χ1) is 16.6. The molecule has 1 aromatic heterocycles. The first kappa shape index (κ1) is 24.1. The molecule has 0 spiro atoms. The summed E-state index contributed by atoms with van der Waals surface area (Å²) >= 11 is 0. The molecule has 3 aromatic rings. The van der Waals surface area contributed by atoms with Crippen LogP contribution in [-0.4, -0.2) is 60.1 Å². The third-order valence-corrected chi connectivity index (χ3v) is 6.12. The number of aromatic nitrogens is 1. The second-order valence-corrected chi connectivity index (χ2v) is 8.89. The summed E-state index contributed by atoms with van der Waals surface area (Å²) in [7, 11) is 0. The Morgan fingerprint density at radius 1 is 1.12 bits per heavy atom. The van der Waals surface area contributed by atoms with Crippen molar-refractivity contribution in [1.29, 1.82) is 0 Å². The molecule has 4 rings (SSSR count). The highest BCUT2D eigenvalue weighted by atomic mass is 16.5. The van der Waals surface area contributed by atoms with Gasteiger partial charge in [-0.1, -0.05) is 60.2 Å². The molecule has 7 heteroatoms. The molecule has 34 heavy (non-hydrogen) atoms. The number of nitrogens with zero attached hydrogens (tertiary/aromatic N) is 3. The summed E-state index contributed by atoms with van der Waals surface area (Å²) in [5, 5.41) is 3.00. The third-order valence-electron chi connectivity index (χ3n) is 6.12. The van der Waals surface area contributed by atoms with E-state index in [4.69, 9.17) is 9.15 Å². The Morgan fingerprint density at radius 2 is 1.91 bits per heavy atom. The van der Waals surface area contributed by atoms with E-state index < -0.39 is 0 Å². The van der Waals surface area contributed by atoms with E-state index in [-0.39, 0.29) is 11.9 Å². The lowest BCUT2D eigenvalue weighted by molar-refractivity contribution is 0.0320. The summed E-state index contributed by atoms with van der Waals surface area (Å²) in [6.45, 7) is 10.7. The smallest absolute Gasteiger partial charge is 0.273 e. The van der Waals surface area contributed by atoms with Gasteiger partial charge in [-0.3, -0.25) is 14.6 Å². The Hall–Kier alpha value is -3.00. The molecular formula is C27H34N4O3. The lowest BCUT2D eigenvalue weighted by Gasteiger charge is -2.29. The molecule has 1 N–H and O–H groups in total. The van der Waals surface area contributed by atoms with Crippen LogP contribution < -0.4 is 5.32 Å². The van der Waals surface area contributed by atoms with Crippen molar-refractivity contribution in [3.05, 3.63) is 89.1 Å². The first-order valence-corrected chi connectivity index (χ1v) is 11.9. The van der Waals surface area contributed by atoms with E-state index in [0.29, 0.717) is 18.1 Å². The van der Waals surface area contributed by atoms with Crippen molar-refractivity contribution in [1.82, 2.24) is 20.1 Å². The van der Waals surface area contributed by atoms with E-state index >= 15 is 0 Å². The molecule has 1 atom stereocenters. The van der Waals surface area contributed by atoms with Gasteiger partial charge in [-0.05, 0) is 25.0 Å². The molecule has 1 fully saturated rings. The quantitative estimate of drug-likeness (QED) is 0.494. The number of amides is 1. The molecular weight excluding hydrogens is 428 g/mol. The number of ether oxygens (including phenoxy) is 1. The second kappa shape index (κ2) is 11.9. The minimum absolute atomic E-state index is 0.111. The van der Waals surface area contributed by atoms with Crippen molar-refractivity contribution in [2.24, 2.45) is 0 Å². The minimum Gasteiger partial charge on any atom is -0.447 e. The summed E-state index contributed by atoms with van der Waals surface area (Å²) in [4.78, 5) is 22.0. The number of nitrogens with one attached hydrogen (secondary N) is 1. The SMILES string of the molecule is Cc1cccc(CN(CCN2CCOCC2)Cc2nc(C(=O)NC(C)c3ccccc3)co2)c1. The van der Waals surface area contributed by atoms with Crippen molar-refractivity contribution in [3.8, 4) is 0 Å². The van der Waals surface area contributed by atoms with Gasteiger partial charge in [0, 0.05) is 32.7 Å². The van der Waals surface area contributed by atoms with Crippen molar-refractivity contribution < 1.29 is 13.9 Å². The van der Waals surface area contributed by atoms with E-state index in [0.717, 1.165) is 51.5 Å². The zero-order valence-corrected chi connectivity index (χ0v) is 20.1. The molecule has 1 amide bonds. The zero-order chi connectivity index (χ0) is 23.8. The van der Waals surface area contributed by atoms with Crippen molar-refractivity contribution in [2.75, 3.05) is 39.4 Å². The molecule has 0 saturated carbocycles. The fourth-order valence-electron chi connectivity index (χ4n) is 4.17. The Morgan fingerprint density at radius 3 is 2.68 bits per heavy atom. The molecule has 1 aliphatic heterocycles. The molecule has 1 aliphatic rings. The Balaban J connectivity index is 1.39. The largest absolute Gasteiger partial charge is 0.447 e. The van der Waals surface area contributed by atoms with Gasteiger partial charge in [-0.15, -0.1) is 0 Å². The molecule has 1 unspecified atom stereocenters. The fourth-order valence-corrected chi connectivity index (χ4v) is 4.17. The van der Waals surface area contributed by atoms with Gasteiger partial charge in [0.1, 0.15) is 6.26 Å². The zero-order valence-electron chi connectivity index (χ0n) is 20.1. The van der Waals surface area contributed by atoms with Gasteiger partial charge >= 0.3 is 0 Å². The molecule has 0 radical (unpaired) electrons. The lowest BCUT2D eigenvalue weighted by Crippen LogP contribution is -2.41. The monoisotopic (exact) mass is 462 g/mol. The van der Waals surface area contributed by atoms with Gasteiger partial charge in [0.05, 0.1) is 25.8 Å². The van der Waals surface area contributed by atoms with Crippen LogP contribution in [0.4, 0.5) is 0 Å². The average Bonchev–Trinajstić information content (AvgIpc) is 3.32. The van der Waals surface area contributed by atoms with Crippen LogP contribution in [0.1, 0.15) is 46.0 Å². The number of morpholine rings is 1. The number of carbonyl (C=O) groups is 1. The summed E-state index contributed by atoms with van der Waals surface area (Å²) in [5.41, 5.74) is 3.85. The Bertz CT molecular complexity index is 1050. The molecule has 180 valence electrons. The maximum atomic E-state index is 12.7. The number of hydrogen-bond acceptors (Lipinski definition) is 6. The molecule has 0 aliphatic carbocycles. The van der Waals surface area contributed by atoms with Crippen molar-refractivity contribution >= 4 is 5.91 Å². The van der Waals surface area contributed by atoms with Gasteiger partial charge in [-0.25, -0.2) is 4.98 Å².